The number of benzene rings is 2. The Morgan fingerprint density at radius 2 is 1.77 bits per heavy atom. The normalized spacial score (nSPS) is 10.7. The molecule has 3 heteroatoms. The van der Waals surface area contributed by atoms with E-state index in [9.17, 15) is 0 Å². The number of para-hydroxylation sites is 1. The summed E-state index contributed by atoms with van der Waals surface area (Å²) in [5.74, 6) is 1.63. The van der Waals surface area contributed by atoms with Gasteiger partial charge in [0.2, 0.25) is 0 Å². The van der Waals surface area contributed by atoms with Crippen molar-refractivity contribution < 1.29 is 9.47 Å². The molecule has 3 nitrogen and oxygen atoms in total. The van der Waals surface area contributed by atoms with Crippen molar-refractivity contribution in [2.75, 3.05) is 13.7 Å². The van der Waals surface area contributed by atoms with Gasteiger partial charge in [-0.3, -0.25) is 0 Å². The number of ether oxygens (including phenoxy) is 2. The highest BCUT2D eigenvalue weighted by Crippen LogP contribution is 2.31. The Morgan fingerprint density at radius 3 is 2.54 bits per heavy atom. The number of nitrogens with one attached hydrogen (secondary N) is 1. The van der Waals surface area contributed by atoms with Crippen molar-refractivity contribution in [2.45, 2.75) is 59.1 Å². The highest BCUT2D eigenvalue weighted by atomic mass is 16.5. The molecule has 1 N–H and O–H groups in total. The predicted molar refractivity (Wildman–Crippen MR) is 109 cm³/mol. The molecule has 0 amide bonds. The molecule has 0 aliphatic carbocycles. The topological polar surface area (TPSA) is 30.5 Å². The summed E-state index contributed by atoms with van der Waals surface area (Å²) in [6.45, 7) is 6.74. The van der Waals surface area contributed by atoms with Crippen molar-refractivity contribution in [3.63, 3.8) is 0 Å². The lowest BCUT2D eigenvalue weighted by Crippen LogP contribution is -2.15. The van der Waals surface area contributed by atoms with E-state index in [0.717, 1.165) is 30.2 Å². The van der Waals surface area contributed by atoms with Crippen LogP contribution in [0.5, 0.6) is 11.5 Å². The average molecular weight is 356 g/mol. The Hall–Kier alpha value is -2.00. The molecule has 0 aliphatic heterocycles. The van der Waals surface area contributed by atoms with Crippen molar-refractivity contribution >= 4 is 0 Å². The van der Waals surface area contributed by atoms with Crippen LogP contribution in [-0.4, -0.2) is 13.7 Å². The van der Waals surface area contributed by atoms with Gasteiger partial charge >= 0.3 is 0 Å². The molecule has 0 radical (unpaired) electrons. The second-order valence-corrected chi connectivity index (χ2v) is 6.82. The summed E-state index contributed by atoms with van der Waals surface area (Å²) in [5.41, 5.74) is 3.56. The van der Waals surface area contributed by atoms with Gasteiger partial charge < -0.3 is 14.8 Å². The number of hydrogen-bond donors (Lipinski definition) is 1. The van der Waals surface area contributed by atoms with Crippen LogP contribution in [0.4, 0.5) is 0 Å². The summed E-state index contributed by atoms with van der Waals surface area (Å²) in [6.07, 6.45) is 6.49. The van der Waals surface area contributed by atoms with E-state index >= 15 is 0 Å². The Labute approximate surface area is 158 Å². The maximum atomic E-state index is 6.15. The van der Waals surface area contributed by atoms with E-state index in [1.165, 1.54) is 43.2 Å². The van der Waals surface area contributed by atoms with Crippen LogP contribution in [-0.2, 0) is 13.2 Å². The minimum atomic E-state index is 0.548. The number of methoxy groups -OCH3 is 1. The molecule has 2 aromatic carbocycles. The molecular weight excluding hydrogens is 322 g/mol. The van der Waals surface area contributed by atoms with Gasteiger partial charge in [0.25, 0.3) is 0 Å². The van der Waals surface area contributed by atoms with E-state index in [0.29, 0.717) is 6.61 Å². The molecule has 26 heavy (non-hydrogen) atoms. The first-order valence-electron chi connectivity index (χ1n) is 9.79. The molecule has 2 rings (SSSR count). The molecule has 0 bridgehead atoms. The summed E-state index contributed by atoms with van der Waals surface area (Å²) < 4.78 is 11.7. The van der Waals surface area contributed by atoms with Crippen molar-refractivity contribution in [3.05, 3.63) is 59.2 Å². The summed E-state index contributed by atoms with van der Waals surface area (Å²) in [5, 5.41) is 3.54. The second kappa shape index (κ2) is 11.6. The third kappa shape index (κ3) is 6.72. The quantitative estimate of drug-likeness (QED) is 0.500. The fraction of sp³-hybridized carbons (Fsp3) is 0.478. The summed E-state index contributed by atoms with van der Waals surface area (Å²) in [7, 11) is 1.69. The Balaban J connectivity index is 1.91. The zero-order valence-corrected chi connectivity index (χ0v) is 16.5. The average Bonchev–Trinajstić information content (AvgIpc) is 2.66. The molecule has 0 unspecified atom stereocenters. The summed E-state index contributed by atoms with van der Waals surface area (Å²) in [6, 6.07) is 14.5. The first kappa shape index (κ1) is 20.3. The van der Waals surface area contributed by atoms with Crippen LogP contribution in [0, 0.1) is 6.92 Å². The fourth-order valence-electron chi connectivity index (χ4n) is 3.06. The van der Waals surface area contributed by atoms with Gasteiger partial charge in [-0.1, -0.05) is 74.6 Å². The van der Waals surface area contributed by atoms with Crippen LogP contribution in [0.2, 0.25) is 0 Å². The van der Waals surface area contributed by atoms with Crippen LogP contribution >= 0.6 is 0 Å². The molecule has 0 saturated carbocycles. The van der Waals surface area contributed by atoms with Crippen molar-refractivity contribution in [1.82, 2.24) is 5.32 Å². The van der Waals surface area contributed by atoms with Crippen molar-refractivity contribution in [1.29, 1.82) is 0 Å². The smallest absolute Gasteiger partial charge is 0.166 e. The molecule has 0 spiro atoms. The molecule has 0 aliphatic rings. The van der Waals surface area contributed by atoms with Gasteiger partial charge in [-0.15, -0.1) is 0 Å². The molecule has 0 heterocycles. The maximum absolute atomic E-state index is 6.15. The molecule has 0 atom stereocenters. The minimum Gasteiger partial charge on any atom is -0.493 e. The van der Waals surface area contributed by atoms with Crippen LogP contribution in [0.3, 0.4) is 0 Å². The van der Waals surface area contributed by atoms with Crippen molar-refractivity contribution in [2.24, 2.45) is 0 Å². The Morgan fingerprint density at radius 1 is 0.962 bits per heavy atom. The molecule has 2 aromatic rings. The van der Waals surface area contributed by atoms with E-state index < -0.39 is 0 Å². The third-order valence-corrected chi connectivity index (χ3v) is 4.52. The van der Waals surface area contributed by atoms with Crippen LogP contribution < -0.4 is 14.8 Å². The monoisotopic (exact) mass is 355 g/mol. The zero-order chi connectivity index (χ0) is 18.6. The Bertz CT molecular complexity index is 654. The number of hydrogen-bond acceptors (Lipinski definition) is 3. The van der Waals surface area contributed by atoms with Crippen LogP contribution in [0.1, 0.15) is 55.7 Å². The van der Waals surface area contributed by atoms with Gasteiger partial charge in [-0.25, -0.2) is 0 Å². The lowest BCUT2D eigenvalue weighted by molar-refractivity contribution is 0.280. The summed E-state index contributed by atoms with van der Waals surface area (Å²) >= 11 is 0. The predicted octanol–water partition coefficient (Wildman–Crippen LogP) is 5.64. The highest BCUT2D eigenvalue weighted by molar-refractivity contribution is 5.46. The van der Waals surface area contributed by atoms with E-state index in [2.05, 4.69) is 49.5 Å². The lowest BCUT2D eigenvalue weighted by Gasteiger charge is -2.16. The van der Waals surface area contributed by atoms with Gasteiger partial charge in [0, 0.05) is 12.1 Å². The molecular formula is C23H33NO2. The first-order valence-corrected chi connectivity index (χ1v) is 9.79. The SMILES string of the molecule is CCCCCCCNCc1cccc(OC)c1OCc1cccc(C)c1. The number of unbranched alkanes of at least 4 members (excludes halogenated alkanes) is 4. The molecule has 142 valence electrons. The van der Waals surface area contributed by atoms with Gasteiger partial charge in [0.05, 0.1) is 7.11 Å². The van der Waals surface area contributed by atoms with E-state index in [4.69, 9.17) is 9.47 Å². The van der Waals surface area contributed by atoms with Gasteiger partial charge in [-0.05, 0) is 31.5 Å². The zero-order valence-electron chi connectivity index (χ0n) is 16.5. The third-order valence-electron chi connectivity index (χ3n) is 4.52. The molecule has 0 aromatic heterocycles. The highest BCUT2D eigenvalue weighted by Gasteiger charge is 2.10. The maximum Gasteiger partial charge on any atom is 0.166 e. The van der Waals surface area contributed by atoms with Gasteiger partial charge in [0.1, 0.15) is 6.61 Å². The number of rotatable bonds is 12. The number of aryl methyl sites for hydroxylation is 1. The standard InChI is InChI=1S/C23H33NO2/c1-4-5-6-7-8-15-24-17-21-13-10-14-22(25-3)23(21)26-18-20-12-9-11-19(2)16-20/h9-14,16,24H,4-8,15,17-18H2,1-3H3. The van der Waals surface area contributed by atoms with Gasteiger partial charge in [-0.2, -0.15) is 0 Å². The van der Waals surface area contributed by atoms with Crippen molar-refractivity contribution in [3.8, 4) is 11.5 Å². The van der Waals surface area contributed by atoms with Crippen LogP contribution in [0.15, 0.2) is 42.5 Å². The van der Waals surface area contributed by atoms with E-state index in [-0.39, 0.29) is 0 Å². The fourth-order valence-corrected chi connectivity index (χ4v) is 3.06. The molecule has 0 fully saturated rings. The largest absolute Gasteiger partial charge is 0.493 e. The Kier molecular flexibility index (Phi) is 9.05. The van der Waals surface area contributed by atoms with Gasteiger partial charge in [0.15, 0.2) is 11.5 Å². The molecule has 0 saturated heterocycles. The lowest BCUT2D eigenvalue weighted by atomic mass is 10.1. The first-order chi connectivity index (χ1) is 12.7. The second-order valence-electron chi connectivity index (χ2n) is 6.82. The summed E-state index contributed by atoms with van der Waals surface area (Å²) in [4.78, 5) is 0. The van der Waals surface area contributed by atoms with Crippen LogP contribution in [0.25, 0.3) is 0 Å². The van der Waals surface area contributed by atoms with E-state index in [1.807, 2.05) is 12.1 Å². The van der Waals surface area contributed by atoms with E-state index in [1.54, 1.807) is 7.11 Å². The minimum absolute atomic E-state index is 0.548.